The van der Waals surface area contributed by atoms with Gasteiger partial charge in [0.05, 0.1) is 0 Å². The third-order valence-electron chi connectivity index (χ3n) is 2.93. The van der Waals surface area contributed by atoms with Gasteiger partial charge < -0.3 is 5.73 Å². The molecule has 1 aliphatic rings. The maximum absolute atomic E-state index is 12.9. The summed E-state index contributed by atoms with van der Waals surface area (Å²) in [4.78, 5) is 0. The van der Waals surface area contributed by atoms with Crippen molar-refractivity contribution in [1.82, 2.24) is 0 Å². The summed E-state index contributed by atoms with van der Waals surface area (Å²) in [6.07, 6.45) is 3.31. The van der Waals surface area contributed by atoms with E-state index < -0.39 is 11.6 Å². The van der Waals surface area contributed by atoms with Gasteiger partial charge in [0, 0.05) is 12.1 Å². The van der Waals surface area contributed by atoms with Gasteiger partial charge in [0.15, 0.2) is 0 Å². The fourth-order valence-corrected chi connectivity index (χ4v) is 1.84. The molecule has 0 spiro atoms. The summed E-state index contributed by atoms with van der Waals surface area (Å²) < 4.78 is 25.8. The van der Waals surface area contributed by atoms with Crippen molar-refractivity contribution in [3.05, 3.63) is 35.4 Å². The summed E-state index contributed by atoms with van der Waals surface area (Å²) in [7, 11) is 0. The number of nitrogens with two attached hydrogens (primary N) is 1. The van der Waals surface area contributed by atoms with Crippen LogP contribution in [-0.2, 0) is 0 Å². The molecule has 2 rings (SSSR count). The van der Waals surface area contributed by atoms with E-state index in [9.17, 15) is 8.78 Å². The Kier molecular flexibility index (Phi) is 4.05. The Hall–Kier alpha value is -0.670. The summed E-state index contributed by atoms with van der Waals surface area (Å²) >= 11 is 0. The summed E-state index contributed by atoms with van der Waals surface area (Å²) in [5.74, 6) is -0.694. The van der Waals surface area contributed by atoms with E-state index in [1.807, 2.05) is 0 Å². The predicted molar refractivity (Wildman–Crippen MR) is 57.9 cm³/mol. The van der Waals surface area contributed by atoms with Crippen molar-refractivity contribution >= 4 is 12.4 Å². The van der Waals surface area contributed by atoms with Crippen LogP contribution in [-0.4, -0.2) is 0 Å². The van der Waals surface area contributed by atoms with E-state index in [-0.39, 0.29) is 18.4 Å². The number of rotatable bonds is 2. The van der Waals surface area contributed by atoms with Crippen LogP contribution in [0.1, 0.15) is 30.9 Å². The van der Waals surface area contributed by atoms with Crippen molar-refractivity contribution in [2.75, 3.05) is 0 Å². The first kappa shape index (κ1) is 12.4. The molecule has 84 valence electrons. The van der Waals surface area contributed by atoms with E-state index in [4.69, 9.17) is 5.73 Å². The van der Waals surface area contributed by atoms with Crippen molar-refractivity contribution in [2.24, 2.45) is 11.7 Å². The average molecular weight is 234 g/mol. The minimum atomic E-state index is -0.547. The van der Waals surface area contributed by atoms with Crippen LogP contribution in [0.4, 0.5) is 8.78 Å². The van der Waals surface area contributed by atoms with Crippen molar-refractivity contribution < 1.29 is 8.78 Å². The first-order chi connectivity index (χ1) is 6.66. The van der Waals surface area contributed by atoms with E-state index in [0.29, 0.717) is 11.5 Å². The molecule has 0 unspecified atom stereocenters. The van der Waals surface area contributed by atoms with Gasteiger partial charge in [-0.15, -0.1) is 12.4 Å². The van der Waals surface area contributed by atoms with Gasteiger partial charge in [-0.05, 0) is 36.5 Å². The van der Waals surface area contributed by atoms with E-state index in [1.165, 1.54) is 18.6 Å². The molecule has 0 amide bonds. The molecule has 1 fully saturated rings. The van der Waals surface area contributed by atoms with Crippen molar-refractivity contribution in [3.63, 3.8) is 0 Å². The molecule has 0 bridgehead atoms. The van der Waals surface area contributed by atoms with Gasteiger partial charge in [0.2, 0.25) is 0 Å². The molecule has 0 saturated heterocycles. The highest BCUT2D eigenvalue weighted by atomic mass is 35.5. The lowest BCUT2D eigenvalue weighted by atomic mass is 9.77. The minimum Gasteiger partial charge on any atom is -0.324 e. The third-order valence-corrected chi connectivity index (χ3v) is 2.93. The number of benzene rings is 1. The molecular formula is C11H14ClF2N. The van der Waals surface area contributed by atoms with Crippen LogP contribution < -0.4 is 5.73 Å². The van der Waals surface area contributed by atoms with Gasteiger partial charge in [0.1, 0.15) is 11.6 Å². The maximum Gasteiger partial charge on any atom is 0.126 e. The zero-order valence-electron chi connectivity index (χ0n) is 8.25. The smallest absolute Gasteiger partial charge is 0.126 e. The van der Waals surface area contributed by atoms with Gasteiger partial charge in [-0.1, -0.05) is 6.42 Å². The highest BCUT2D eigenvalue weighted by molar-refractivity contribution is 5.85. The molecule has 1 aromatic carbocycles. The fourth-order valence-electron chi connectivity index (χ4n) is 1.84. The van der Waals surface area contributed by atoms with Crippen LogP contribution in [0.2, 0.25) is 0 Å². The Balaban J connectivity index is 0.00000112. The molecule has 1 aliphatic carbocycles. The highest BCUT2D eigenvalue weighted by Gasteiger charge is 2.25. The molecular weight excluding hydrogens is 220 g/mol. The second-order valence-electron chi connectivity index (χ2n) is 3.92. The molecule has 0 radical (unpaired) electrons. The molecule has 0 heterocycles. The quantitative estimate of drug-likeness (QED) is 0.834. The minimum absolute atomic E-state index is 0. The Labute approximate surface area is 94.1 Å². The van der Waals surface area contributed by atoms with E-state index in [1.54, 1.807) is 0 Å². The Morgan fingerprint density at radius 2 is 1.67 bits per heavy atom. The molecule has 15 heavy (non-hydrogen) atoms. The monoisotopic (exact) mass is 233 g/mol. The molecule has 1 aromatic rings. The first-order valence-corrected chi connectivity index (χ1v) is 4.88. The summed E-state index contributed by atoms with van der Waals surface area (Å²) in [5.41, 5.74) is 6.48. The van der Waals surface area contributed by atoms with E-state index in [2.05, 4.69) is 0 Å². The second kappa shape index (κ2) is 4.90. The lowest BCUT2D eigenvalue weighted by molar-refractivity contribution is 0.263. The van der Waals surface area contributed by atoms with Crippen LogP contribution >= 0.6 is 12.4 Å². The van der Waals surface area contributed by atoms with Crippen molar-refractivity contribution in [3.8, 4) is 0 Å². The van der Waals surface area contributed by atoms with Gasteiger partial charge in [-0.2, -0.15) is 0 Å². The normalized spacial score (nSPS) is 17.8. The van der Waals surface area contributed by atoms with Crippen LogP contribution in [0, 0.1) is 17.6 Å². The number of halogens is 3. The number of hydrogen-bond donors (Lipinski definition) is 1. The zero-order valence-corrected chi connectivity index (χ0v) is 9.07. The molecule has 2 N–H and O–H groups in total. The van der Waals surface area contributed by atoms with Crippen LogP contribution in [0.25, 0.3) is 0 Å². The number of hydrogen-bond acceptors (Lipinski definition) is 1. The van der Waals surface area contributed by atoms with Gasteiger partial charge >= 0.3 is 0 Å². The van der Waals surface area contributed by atoms with Crippen molar-refractivity contribution in [1.29, 1.82) is 0 Å². The predicted octanol–water partition coefficient (Wildman–Crippen LogP) is 3.19. The molecule has 0 aliphatic heterocycles. The fraction of sp³-hybridized carbons (Fsp3) is 0.455. The molecule has 1 atom stereocenters. The van der Waals surface area contributed by atoms with Crippen LogP contribution in [0.15, 0.2) is 18.2 Å². The van der Waals surface area contributed by atoms with Crippen molar-refractivity contribution in [2.45, 2.75) is 25.3 Å². The standard InChI is InChI=1S/C11H13F2N.ClH/c12-9-4-8(5-10(13)6-9)11(14)7-2-1-3-7;/h4-7,11H,1-3,14H2;1H/t11-;/m1./s1. The van der Waals surface area contributed by atoms with Gasteiger partial charge in [-0.25, -0.2) is 8.78 Å². The van der Waals surface area contributed by atoms with E-state index in [0.717, 1.165) is 18.9 Å². The van der Waals surface area contributed by atoms with Crippen LogP contribution in [0.3, 0.4) is 0 Å². The average Bonchev–Trinajstić information content (AvgIpc) is 1.98. The molecule has 0 aromatic heterocycles. The molecule has 1 nitrogen and oxygen atoms in total. The SMILES string of the molecule is Cl.N[C@@H](c1cc(F)cc(F)c1)C1CCC1. The lowest BCUT2D eigenvalue weighted by Gasteiger charge is -2.31. The zero-order chi connectivity index (χ0) is 10.1. The topological polar surface area (TPSA) is 26.0 Å². The molecule has 1 saturated carbocycles. The van der Waals surface area contributed by atoms with Gasteiger partial charge in [0.25, 0.3) is 0 Å². The van der Waals surface area contributed by atoms with Gasteiger partial charge in [-0.3, -0.25) is 0 Å². The Morgan fingerprint density at radius 1 is 1.13 bits per heavy atom. The van der Waals surface area contributed by atoms with E-state index >= 15 is 0 Å². The summed E-state index contributed by atoms with van der Waals surface area (Å²) in [6.45, 7) is 0. The maximum atomic E-state index is 12.9. The largest absolute Gasteiger partial charge is 0.324 e. The Bertz CT molecular complexity index is 319. The third kappa shape index (κ3) is 2.67. The summed E-state index contributed by atoms with van der Waals surface area (Å²) in [5, 5.41) is 0. The Morgan fingerprint density at radius 3 is 2.07 bits per heavy atom. The highest BCUT2D eigenvalue weighted by Crippen LogP contribution is 2.36. The lowest BCUT2D eigenvalue weighted by Crippen LogP contribution is -2.26. The first-order valence-electron chi connectivity index (χ1n) is 4.88. The summed E-state index contributed by atoms with van der Waals surface area (Å²) in [6, 6.07) is 3.31. The molecule has 4 heteroatoms. The second-order valence-corrected chi connectivity index (χ2v) is 3.92. The van der Waals surface area contributed by atoms with Crippen LogP contribution in [0.5, 0.6) is 0 Å².